The lowest BCUT2D eigenvalue weighted by molar-refractivity contribution is -0.139. The van der Waals surface area contributed by atoms with E-state index in [1.165, 1.54) is 4.57 Å². The van der Waals surface area contributed by atoms with Gasteiger partial charge in [0, 0.05) is 24.8 Å². The van der Waals surface area contributed by atoms with Crippen LogP contribution < -0.4 is 21.6 Å². The van der Waals surface area contributed by atoms with E-state index in [1.54, 1.807) is 44.2 Å². The van der Waals surface area contributed by atoms with Crippen LogP contribution >= 0.6 is 11.6 Å². The number of carbonyl (C=O) groups is 1. The van der Waals surface area contributed by atoms with Crippen LogP contribution in [0.15, 0.2) is 74.0 Å². The van der Waals surface area contributed by atoms with Crippen LogP contribution in [0.1, 0.15) is 31.0 Å². The molecule has 0 radical (unpaired) electrons. The fraction of sp³-hybridized carbons (Fsp3) is 0.240. The number of anilines is 1. The molecule has 8 heteroatoms. The van der Waals surface area contributed by atoms with Crippen molar-refractivity contribution in [1.29, 1.82) is 0 Å². The van der Waals surface area contributed by atoms with Gasteiger partial charge in [-0.1, -0.05) is 41.9 Å². The number of allylic oxidation sites excluding steroid dienone is 1. The third-order valence-corrected chi connectivity index (χ3v) is 5.77. The number of rotatable bonds is 5. The van der Waals surface area contributed by atoms with Crippen molar-refractivity contribution >= 4 is 29.3 Å². The minimum absolute atomic E-state index is 0.103. The second kappa shape index (κ2) is 9.11. The largest absolute Gasteiger partial charge is 0.463 e. The number of fused-ring (bicyclic) bond motifs is 1. The Morgan fingerprint density at radius 2 is 1.91 bits per heavy atom. The first kappa shape index (κ1) is 22.6. The van der Waals surface area contributed by atoms with Gasteiger partial charge in [-0.2, -0.15) is 0 Å². The standard InChI is InChI=1S/C25H24ClN3O4/c1-5-32-24(31)21-15(2)27-25-29(22(21)18-8-6-7-9-19(18)26)23(30)20(33-25)14-16-10-12-17(13-11-16)28(3)4/h6-14,22H,5H2,1-4H3/b20-14+. The van der Waals surface area contributed by atoms with Gasteiger partial charge in [0.05, 0.1) is 17.9 Å². The average molecular weight is 466 g/mol. The second-order valence-electron chi connectivity index (χ2n) is 7.81. The Labute approximate surface area is 195 Å². The first-order valence-corrected chi connectivity index (χ1v) is 10.9. The molecule has 0 saturated carbocycles. The summed E-state index contributed by atoms with van der Waals surface area (Å²) >= 11 is 6.48. The molecule has 0 amide bonds. The van der Waals surface area contributed by atoms with Gasteiger partial charge in [0.2, 0.25) is 0 Å². The summed E-state index contributed by atoms with van der Waals surface area (Å²) in [4.78, 5) is 32.7. The highest BCUT2D eigenvalue weighted by Crippen LogP contribution is 2.34. The van der Waals surface area contributed by atoms with Crippen LogP contribution in [0.4, 0.5) is 5.69 Å². The molecule has 1 aromatic heterocycles. The summed E-state index contributed by atoms with van der Waals surface area (Å²) in [5.74, 6) is -0.549. The number of aromatic nitrogens is 1. The molecule has 0 spiro atoms. The van der Waals surface area contributed by atoms with Crippen molar-refractivity contribution in [2.24, 2.45) is 4.99 Å². The lowest BCUT2D eigenvalue weighted by atomic mass is 9.96. The molecule has 1 atom stereocenters. The molecule has 1 aliphatic rings. The van der Waals surface area contributed by atoms with Gasteiger partial charge in [-0.25, -0.2) is 14.4 Å². The van der Waals surface area contributed by atoms with Crippen LogP contribution in [-0.2, 0) is 9.53 Å². The molecule has 3 aromatic rings. The van der Waals surface area contributed by atoms with E-state index < -0.39 is 17.6 Å². The summed E-state index contributed by atoms with van der Waals surface area (Å²) in [7, 11) is 3.91. The van der Waals surface area contributed by atoms with Crippen molar-refractivity contribution in [3.05, 3.63) is 97.4 Å². The SMILES string of the molecule is CCOC(=O)C1=C(C)N=c2o/c(=C/c3ccc(N(C)C)cc3)c(=O)n2C1c1ccccc1Cl. The van der Waals surface area contributed by atoms with Crippen molar-refractivity contribution < 1.29 is 13.9 Å². The topological polar surface area (TPSA) is 77.0 Å². The normalized spacial score (nSPS) is 15.8. The van der Waals surface area contributed by atoms with Gasteiger partial charge in [0.1, 0.15) is 6.04 Å². The molecule has 7 nitrogen and oxygen atoms in total. The van der Waals surface area contributed by atoms with Crippen molar-refractivity contribution in [2.75, 3.05) is 25.6 Å². The summed E-state index contributed by atoms with van der Waals surface area (Å²) in [6.07, 6.45) is 1.66. The molecule has 1 aliphatic heterocycles. The predicted molar refractivity (Wildman–Crippen MR) is 127 cm³/mol. The van der Waals surface area contributed by atoms with E-state index in [4.69, 9.17) is 20.8 Å². The number of halogens is 1. The Morgan fingerprint density at radius 3 is 2.55 bits per heavy atom. The van der Waals surface area contributed by atoms with Crippen molar-refractivity contribution in [3.63, 3.8) is 0 Å². The molecule has 0 saturated heterocycles. The molecule has 2 heterocycles. The highest BCUT2D eigenvalue weighted by molar-refractivity contribution is 6.31. The molecular weight excluding hydrogens is 442 g/mol. The monoisotopic (exact) mass is 465 g/mol. The molecule has 33 heavy (non-hydrogen) atoms. The summed E-state index contributed by atoms with van der Waals surface area (Å²) in [5, 5.41) is 0.419. The molecule has 2 aromatic carbocycles. The number of hydrogen-bond acceptors (Lipinski definition) is 6. The molecular formula is C25H24ClN3O4. The maximum absolute atomic E-state index is 13.5. The number of esters is 1. The number of ether oxygens (including phenoxy) is 1. The van der Waals surface area contributed by atoms with Crippen LogP contribution in [0.5, 0.6) is 0 Å². The number of benzene rings is 2. The fourth-order valence-electron chi connectivity index (χ4n) is 3.80. The third-order valence-electron chi connectivity index (χ3n) is 5.42. The Balaban J connectivity index is 1.92. The molecule has 4 rings (SSSR count). The Bertz CT molecular complexity index is 1420. The smallest absolute Gasteiger partial charge is 0.338 e. The van der Waals surface area contributed by atoms with Gasteiger partial charge in [-0.15, -0.1) is 0 Å². The average Bonchev–Trinajstić information content (AvgIpc) is 3.08. The molecule has 170 valence electrons. The van der Waals surface area contributed by atoms with E-state index in [9.17, 15) is 9.59 Å². The second-order valence-corrected chi connectivity index (χ2v) is 8.22. The van der Waals surface area contributed by atoms with Gasteiger partial charge in [0.25, 0.3) is 5.56 Å². The number of nitrogens with zero attached hydrogens (tertiary/aromatic N) is 3. The number of carbonyl (C=O) groups excluding carboxylic acids is 1. The molecule has 0 bridgehead atoms. The van der Waals surface area contributed by atoms with Gasteiger partial charge < -0.3 is 14.1 Å². The molecule has 0 fully saturated rings. The van der Waals surface area contributed by atoms with E-state index in [0.29, 0.717) is 16.3 Å². The number of oxazole rings is 1. The maximum Gasteiger partial charge on any atom is 0.338 e. The lowest BCUT2D eigenvalue weighted by Crippen LogP contribution is -2.40. The van der Waals surface area contributed by atoms with E-state index in [0.717, 1.165) is 11.3 Å². The molecule has 0 N–H and O–H groups in total. The minimum atomic E-state index is -0.820. The first-order chi connectivity index (χ1) is 15.8. The first-order valence-electron chi connectivity index (χ1n) is 10.5. The maximum atomic E-state index is 13.5. The minimum Gasteiger partial charge on any atom is -0.463 e. The Kier molecular flexibility index (Phi) is 6.24. The Hall–Kier alpha value is -3.58. The predicted octanol–water partition coefficient (Wildman–Crippen LogP) is 3.05. The summed E-state index contributed by atoms with van der Waals surface area (Å²) < 4.78 is 12.5. The van der Waals surface area contributed by atoms with Gasteiger partial charge in [0.15, 0.2) is 5.42 Å². The van der Waals surface area contributed by atoms with Gasteiger partial charge >= 0.3 is 11.7 Å². The Morgan fingerprint density at radius 1 is 1.21 bits per heavy atom. The highest BCUT2D eigenvalue weighted by Gasteiger charge is 2.35. The van der Waals surface area contributed by atoms with Gasteiger partial charge in [-0.05, 0) is 49.2 Å². The van der Waals surface area contributed by atoms with E-state index in [-0.39, 0.29) is 23.3 Å². The van der Waals surface area contributed by atoms with Crippen LogP contribution in [0.3, 0.4) is 0 Å². The quantitative estimate of drug-likeness (QED) is 0.541. The van der Waals surface area contributed by atoms with Gasteiger partial charge in [-0.3, -0.25) is 4.79 Å². The van der Waals surface area contributed by atoms with E-state index in [1.807, 2.05) is 43.3 Å². The van der Waals surface area contributed by atoms with Crippen molar-refractivity contribution in [1.82, 2.24) is 4.57 Å². The number of hydrogen-bond donors (Lipinski definition) is 0. The third kappa shape index (κ3) is 4.24. The van der Waals surface area contributed by atoms with E-state index in [2.05, 4.69) is 4.99 Å². The van der Waals surface area contributed by atoms with Crippen LogP contribution in [-0.4, -0.2) is 31.2 Å². The van der Waals surface area contributed by atoms with Crippen molar-refractivity contribution in [2.45, 2.75) is 19.9 Å². The fourth-order valence-corrected chi connectivity index (χ4v) is 4.04. The lowest BCUT2D eigenvalue weighted by Gasteiger charge is -2.24. The van der Waals surface area contributed by atoms with Crippen LogP contribution in [0.25, 0.3) is 6.08 Å². The summed E-state index contributed by atoms with van der Waals surface area (Å²) in [5.41, 5.74) is 2.89. The highest BCUT2D eigenvalue weighted by atomic mass is 35.5. The molecule has 0 aliphatic carbocycles. The van der Waals surface area contributed by atoms with Crippen LogP contribution in [0.2, 0.25) is 5.02 Å². The molecule has 1 unspecified atom stereocenters. The zero-order valence-electron chi connectivity index (χ0n) is 18.8. The zero-order valence-corrected chi connectivity index (χ0v) is 19.6. The van der Waals surface area contributed by atoms with Crippen molar-refractivity contribution in [3.8, 4) is 0 Å². The summed E-state index contributed by atoms with van der Waals surface area (Å²) in [6, 6.07) is 14.0. The zero-order chi connectivity index (χ0) is 23.7. The summed E-state index contributed by atoms with van der Waals surface area (Å²) in [6.45, 7) is 3.61. The van der Waals surface area contributed by atoms with E-state index >= 15 is 0 Å². The van der Waals surface area contributed by atoms with Crippen LogP contribution in [0, 0.1) is 0 Å².